The molecule has 2 nitrogen and oxygen atoms in total. The maximum atomic E-state index is 12.6. The number of hydrogen-bond acceptors (Lipinski definition) is 2. The topological polar surface area (TPSA) is 37.3 Å². The summed E-state index contributed by atoms with van der Waals surface area (Å²) in [6, 6.07) is 6.59. The molecule has 0 spiro atoms. The molecule has 19 heavy (non-hydrogen) atoms. The summed E-state index contributed by atoms with van der Waals surface area (Å²) in [5.74, 6) is -0.961. The second-order valence-electron chi connectivity index (χ2n) is 3.95. The Kier molecular flexibility index (Phi) is 3.61. The molecule has 0 atom stereocenters. The maximum Gasteiger partial charge on any atom is 0.416 e. The first-order chi connectivity index (χ1) is 8.86. The number of halogens is 3. The summed E-state index contributed by atoms with van der Waals surface area (Å²) in [5.41, 5.74) is 0.325. The molecule has 0 radical (unpaired) electrons. The first-order valence-corrected chi connectivity index (χ1v) is 6.21. The van der Waals surface area contributed by atoms with Gasteiger partial charge in [-0.1, -0.05) is 12.1 Å². The molecule has 1 N–H and O–H groups in total. The average Bonchev–Trinajstić information content (AvgIpc) is 2.76. The summed E-state index contributed by atoms with van der Waals surface area (Å²) < 4.78 is 37.8. The van der Waals surface area contributed by atoms with Gasteiger partial charge in [-0.25, -0.2) is 0 Å². The molecular weight excluding hydrogens is 277 g/mol. The van der Waals surface area contributed by atoms with Crippen molar-refractivity contribution in [3.05, 3.63) is 46.2 Å². The highest BCUT2D eigenvalue weighted by molar-refractivity contribution is 7.10. The van der Waals surface area contributed by atoms with Crippen LogP contribution in [0.2, 0.25) is 0 Å². The van der Waals surface area contributed by atoms with Gasteiger partial charge in [-0.15, -0.1) is 11.3 Å². The molecule has 0 bridgehead atoms. The van der Waals surface area contributed by atoms with Crippen molar-refractivity contribution in [2.24, 2.45) is 0 Å². The lowest BCUT2D eigenvalue weighted by Crippen LogP contribution is -2.04. The fourth-order valence-electron chi connectivity index (χ4n) is 1.65. The van der Waals surface area contributed by atoms with Crippen molar-refractivity contribution >= 4 is 17.3 Å². The van der Waals surface area contributed by atoms with Crippen molar-refractivity contribution in [3.8, 4) is 11.1 Å². The molecule has 2 rings (SSSR count). The van der Waals surface area contributed by atoms with Gasteiger partial charge >= 0.3 is 12.1 Å². The zero-order valence-corrected chi connectivity index (χ0v) is 10.4. The Morgan fingerprint density at radius 1 is 1.21 bits per heavy atom. The Labute approximate surface area is 111 Å². The predicted octanol–water partition coefficient (Wildman–Crippen LogP) is 4.06. The number of alkyl halides is 3. The van der Waals surface area contributed by atoms with Gasteiger partial charge in [0.05, 0.1) is 12.0 Å². The Morgan fingerprint density at radius 3 is 2.58 bits per heavy atom. The molecule has 0 unspecified atom stereocenters. The highest BCUT2D eigenvalue weighted by Gasteiger charge is 2.30. The van der Waals surface area contributed by atoms with Gasteiger partial charge in [-0.2, -0.15) is 13.2 Å². The van der Waals surface area contributed by atoms with Gasteiger partial charge in [0.1, 0.15) is 0 Å². The minimum absolute atomic E-state index is 0.121. The highest BCUT2D eigenvalue weighted by Crippen LogP contribution is 2.33. The van der Waals surface area contributed by atoms with Gasteiger partial charge in [-0.3, -0.25) is 4.79 Å². The number of carboxylic acid groups (broad SMARTS) is 1. The fourth-order valence-corrected chi connectivity index (χ4v) is 2.53. The van der Waals surface area contributed by atoms with E-state index >= 15 is 0 Å². The van der Waals surface area contributed by atoms with E-state index in [4.69, 9.17) is 5.11 Å². The molecule has 0 aliphatic carbocycles. The van der Waals surface area contributed by atoms with Crippen molar-refractivity contribution in [1.82, 2.24) is 0 Å². The van der Waals surface area contributed by atoms with Crippen LogP contribution in [0.25, 0.3) is 11.1 Å². The molecule has 2 aromatic rings. The van der Waals surface area contributed by atoms with Gasteiger partial charge < -0.3 is 5.11 Å². The van der Waals surface area contributed by atoms with Crippen LogP contribution in [0.3, 0.4) is 0 Å². The zero-order chi connectivity index (χ0) is 14.0. The van der Waals surface area contributed by atoms with E-state index in [1.165, 1.54) is 17.4 Å². The number of carboxylic acids is 1. The van der Waals surface area contributed by atoms with E-state index in [1.807, 2.05) is 0 Å². The highest BCUT2D eigenvalue weighted by atomic mass is 32.1. The van der Waals surface area contributed by atoms with E-state index in [9.17, 15) is 18.0 Å². The Hall–Kier alpha value is -1.82. The van der Waals surface area contributed by atoms with E-state index in [1.54, 1.807) is 17.5 Å². The normalized spacial score (nSPS) is 11.5. The van der Waals surface area contributed by atoms with Crippen LogP contribution in [0.5, 0.6) is 0 Å². The molecule has 1 heterocycles. The van der Waals surface area contributed by atoms with Gasteiger partial charge in [0.25, 0.3) is 0 Å². The van der Waals surface area contributed by atoms with Gasteiger partial charge in [0.15, 0.2) is 0 Å². The van der Waals surface area contributed by atoms with Crippen molar-refractivity contribution in [2.45, 2.75) is 12.6 Å². The number of thiophene rings is 1. The van der Waals surface area contributed by atoms with Crippen LogP contribution in [-0.4, -0.2) is 11.1 Å². The van der Waals surface area contributed by atoms with E-state index in [-0.39, 0.29) is 6.42 Å². The maximum absolute atomic E-state index is 12.6. The average molecular weight is 286 g/mol. The van der Waals surface area contributed by atoms with Gasteiger partial charge in [-0.05, 0) is 34.7 Å². The molecule has 1 aromatic heterocycles. The number of benzene rings is 1. The molecule has 100 valence electrons. The number of carbonyl (C=O) groups is 1. The van der Waals surface area contributed by atoms with Crippen LogP contribution in [0.4, 0.5) is 13.2 Å². The van der Waals surface area contributed by atoms with Crippen LogP contribution in [0.15, 0.2) is 35.7 Å². The molecule has 0 aliphatic heterocycles. The lowest BCUT2D eigenvalue weighted by molar-refractivity contribution is -0.138. The number of rotatable bonds is 3. The number of aliphatic carboxylic acids is 1. The molecular formula is C13H9F3O2S. The van der Waals surface area contributed by atoms with Crippen LogP contribution in [0.1, 0.15) is 10.4 Å². The molecule has 1 aromatic carbocycles. The van der Waals surface area contributed by atoms with Crippen molar-refractivity contribution in [2.75, 3.05) is 0 Å². The van der Waals surface area contributed by atoms with Gasteiger partial charge in [0.2, 0.25) is 0 Å². The molecule has 0 saturated carbocycles. The fraction of sp³-hybridized carbons (Fsp3) is 0.154. The lowest BCUT2D eigenvalue weighted by Gasteiger charge is -2.07. The lowest BCUT2D eigenvalue weighted by atomic mass is 10.1. The third-order valence-electron chi connectivity index (χ3n) is 2.50. The third-order valence-corrected chi connectivity index (χ3v) is 3.44. The van der Waals surface area contributed by atoms with E-state index in [2.05, 4.69) is 0 Å². The van der Waals surface area contributed by atoms with Crippen molar-refractivity contribution in [1.29, 1.82) is 0 Å². The molecule has 0 saturated heterocycles. The minimum atomic E-state index is -4.38. The van der Waals surface area contributed by atoms with Crippen LogP contribution < -0.4 is 0 Å². The van der Waals surface area contributed by atoms with E-state index in [0.29, 0.717) is 16.0 Å². The van der Waals surface area contributed by atoms with E-state index in [0.717, 1.165) is 12.1 Å². The molecule has 6 heteroatoms. The number of hydrogen-bond donors (Lipinski definition) is 1. The summed E-state index contributed by atoms with van der Waals surface area (Å²) >= 11 is 1.22. The summed E-state index contributed by atoms with van der Waals surface area (Å²) in [7, 11) is 0. The largest absolute Gasteiger partial charge is 0.481 e. The Balaban J connectivity index is 2.32. The van der Waals surface area contributed by atoms with Crippen molar-refractivity contribution < 1.29 is 23.1 Å². The standard InChI is InChI=1S/C13H9F3O2S/c14-13(15,16)10-3-1-2-8(4-10)9-5-11(19-7-9)6-12(17)18/h1-5,7H,6H2,(H,17,18). The smallest absolute Gasteiger partial charge is 0.416 e. The first kappa shape index (κ1) is 13.6. The van der Waals surface area contributed by atoms with E-state index < -0.39 is 17.7 Å². The quantitative estimate of drug-likeness (QED) is 0.923. The SMILES string of the molecule is O=C(O)Cc1cc(-c2cccc(C(F)(F)F)c2)cs1. The molecule has 0 amide bonds. The zero-order valence-electron chi connectivity index (χ0n) is 9.57. The second kappa shape index (κ2) is 5.05. The van der Waals surface area contributed by atoms with Crippen molar-refractivity contribution in [3.63, 3.8) is 0 Å². The summed E-state index contributed by atoms with van der Waals surface area (Å²) in [6.07, 6.45) is -4.50. The second-order valence-corrected chi connectivity index (χ2v) is 4.95. The predicted molar refractivity (Wildman–Crippen MR) is 66.1 cm³/mol. The summed E-state index contributed by atoms with van der Waals surface area (Å²) in [4.78, 5) is 11.2. The van der Waals surface area contributed by atoms with Crippen LogP contribution in [0, 0.1) is 0 Å². The molecule has 0 fully saturated rings. The van der Waals surface area contributed by atoms with Crippen LogP contribution >= 0.6 is 11.3 Å². The monoisotopic (exact) mass is 286 g/mol. The first-order valence-electron chi connectivity index (χ1n) is 5.33. The van der Waals surface area contributed by atoms with Gasteiger partial charge in [0, 0.05) is 4.88 Å². The molecule has 0 aliphatic rings. The third kappa shape index (κ3) is 3.35. The Morgan fingerprint density at radius 2 is 1.95 bits per heavy atom. The Bertz CT molecular complexity index is 602. The summed E-state index contributed by atoms with van der Waals surface area (Å²) in [6.45, 7) is 0. The summed E-state index contributed by atoms with van der Waals surface area (Å²) in [5, 5.41) is 10.3. The minimum Gasteiger partial charge on any atom is -0.481 e. The van der Waals surface area contributed by atoms with Crippen LogP contribution in [-0.2, 0) is 17.4 Å².